The fourth-order valence-corrected chi connectivity index (χ4v) is 5.72. The molecular weight excluding hydrogens is 904 g/mol. The molecule has 3 unspecified atom stereocenters. The Balaban J connectivity index is 2.91. The minimum Gasteiger partial charge on any atom is -0.348 e. The minimum absolute atomic E-state index is 1.36. The standard InChI is InChI=1S/C19H6F28O9/c20-1-5(21,22)2(54-17(42,43)11(33,48)14(36,37)51)8(27,28)3(6(1,23)24,55-18(44,45)12(34,49)15(38,39)52)10(31,32)4(7(1,25)26,9(2,29)30)56-19(46,47)13(35,50)16(40,41)53/h48-53H. The molecule has 4 aliphatic carbocycles. The van der Waals surface area contributed by atoms with E-state index in [0.717, 1.165) is 0 Å². The average Bonchev–Trinajstić information content (AvgIpc) is 2.91. The molecule has 0 radical (unpaired) electrons. The number of alkyl halides is 28. The smallest absolute Gasteiger partial charge is 0.348 e. The van der Waals surface area contributed by atoms with E-state index in [1.165, 1.54) is 14.2 Å². The maximum absolute atomic E-state index is 16.0. The monoisotopic (exact) mass is 910 g/mol. The van der Waals surface area contributed by atoms with Gasteiger partial charge in [0.2, 0.25) is 0 Å². The van der Waals surface area contributed by atoms with Crippen LogP contribution in [0.4, 0.5) is 123 Å². The molecular formula is C19H6F28O9. The van der Waals surface area contributed by atoms with E-state index in [0.29, 0.717) is 0 Å². The Morgan fingerprint density at radius 3 is 0.536 bits per heavy atom. The first-order valence-electron chi connectivity index (χ1n) is 12.4. The van der Waals surface area contributed by atoms with Gasteiger partial charge in [-0.05, 0) is 0 Å². The van der Waals surface area contributed by atoms with Crippen LogP contribution < -0.4 is 0 Å². The summed E-state index contributed by atoms with van der Waals surface area (Å²) in [4.78, 5) is 0. The van der Waals surface area contributed by atoms with E-state index in [9.17, 15) is 65.9 Å². The molecule has 3 atom stereocenters. The van der Waals surface area contributed by atoms with E-state index < -0.39 is 112 Å². The highest BCUT2D eigenvalue weighted by atomic mass is 19.4. The number of hydrogen-bond acceptors (Lipinski definition) is 9. The molecule has 0 aromatic heterocycles. The summed E-state index contributed by atoms with van der Waals surface area (Å²) in [7, 11) is 0. The van der Waals surface area contributed by atoms with Crippen molar-refractivity contribution < 1.29 is 168 Å². The van der Waals surface area contributed by atoms with Crippen LogP contribution in [0.2, 0.25) is 0 Å². The minimum atomic E-state index is -9.88. The topological polar surface area (TPSA) is 149 Å². The first-order chi connectivity index (χ1) is 23.6. The number of hydrogen-bond donors (Lipinski definition) is 6. The average molecular weight is 910 g/mol. The van der Waals surface area contributed by atoms with E-state index in [1.54, 1.807) is 0 Å². The van der Waals surface area contributed by atoms with Crippen molar-refractivity contribution in [1.82, 2.24) is 0 Å². The van der Waals surface area contributed by atoms with Gasteiger partial charge >= 0.3 is 95.4 Å². The summed E-state index contributed by atoms with van der Waals surface area (Å²) in [6, 6.07) is 0. The van der Waals surface area contributed by atoms with Crippen molar-refractivity contribution >= 4 is 0 Å². The normalized spacial score (nSPS) is 36.8. The van der Waals surface area contributed by atoms with Crippen LogP contribution in [0.1, 0.15) is 0 Å². The maximum Gasteiger partial charge on any atom is 0.424 e. The molecule has 4 bridgehead atoms. The summed E-state index contributed by atoms with van der Waals surface area (Å²) in [5.41, 5.74) is -38.9. The lowest BCUT2D eigenvalue weighted by Gasteiger charge is -2.77. The lowest BCUT2D eigenvalue weighted by molar-refractivity contribution is -0.678. The van der Waals surface area contributed by atoms with Crippen molar-refractivity contribution in [2.45, 2.75) is 112 Å². The highest BCUT2D eigenvalue weighted by Crippen LogP contribution is 2.90. The maximum atomic E-state index is 16.0. The highest BCUT2D eigenvalue weighted by molar-refractivity contribution is 5.55. The van der Waals surface area contributed by atoms with Crippen molar-refractivity contribution in [3.63, 3.8) is 0 Å². The molecule has 0 amide bonds. The Hall–Kier alpha value is -2.32. The second-order valence-electron chi connectivity index (χ2n) is 11.5. The van der Waals surface area contributed by atoms with Crippen LogP contribution in [0.5, 0.6) is 0 Å². The zero-order valence-corrected chi connectivity index (χ0v) is 24.0. The molecule has 0 aromatic rings. The van der Waals surface area contributed by atoms with E-state index in [4.69, 9.17) is 30.6 Å². The Labute approximate surface area is 281 Å². The fraction of sp³-hybridized carbons (Fsp3) is 1.00. The first kappa shape index (κ1) is 48.1. The third-order valence-electron chi connectivity index (χ3n) is 8.47. The van der Waals surface area contributed by atoms with Gasteiger partial charge < -0.3 is 30.6 Å². The molecule has 4 rings (SSSR count). The van der Waals surface area contributed by atoms with Crippen molar-refractivity contribution in [3.05, 3.63) is 0 Å². The molecule has 0 saturated heterocycles. The van der Waals surface area contributed by atoms with Gasteiger partial charge in [-0.1, -0.05) is 0 Å². The number of ether oxygens (including phenoxy) is 3. The van der Waals surface area contributed by atoms with E-state index >= 15 is 57.1 Å². The largest absolute Gasteiger partial charge is 0.424 e. The first-order valence-corrected chi connectivity index (χ1v) is 12.4. The third-order valence-corrected chi connectivity index (χ3v) is 8.47. The zero-order valence-electron chi connectivity index (χ0n) is 24.0. The molecule has 9 nitrogen and oxygen atoms in total. The molecule has 4 aliphatic rings. The van der Waals surface area contributed by atoms with Crippen LogP contribution in [0.3, 0.4) is 0 Å². The van der Waals surface area contributed by atoms with Crippen LogP contribution in [0, 0.1) is 0 Å². The Kier molecular flexibility index (Phi) is 9.18. The molecule has 0 heterocycles. The predicted octanol–water partition coefficient (Wildman–Crippen LogP) is 4.32. The SMILES string of the molecule is OC(F)(F)C(O)(F)C(F)(F)OC12C(F)(F)C3(F)C(F)(F)C(OC(F)(F)C(O)(F)C(O)(F)F)(C1(F)F)C(F)(F)C(OC(F)(F)C(O)(F)C(O)(F)F)(C3(F)F)C2(F)F. The van der Waals surface area contributed by atoms with Gasteiger partial charge in [-0.25, -0.2) is 4.39 Å². The summed E-state index contributed by atoms with van der Waals surface area (Å²) in [6.07, 6.45) is -50.2. The quantitative estimate of drug-likeness (QED) is 0.158. The second kappa shape index (κ2) is 10.7. The highest BCUT2D eigenvalue weighted by Gasteiger charge is 3.24. The summed E-state index contributed by atoms with van der Waals surface area (Å²) < 4.78 is 417. The summed E-state index contributed by atoms with van der Waals surface area (Å²) in [6.45, 7) is 0. The summed E-state index contributed by atoms with van der Waals surface area (Å²) in [5.74, 6) is -83.3. The molecule has 332 valence electrons. The molecule has 0 spiro atoms. The molecule has 4 fully saturated rings. The van der Waals surface area contributed by atoms with Crippen molar-refractivity contribution in [2.75, 3.05) is 0 Å². The Bertz CT molecular complexity index is 1400. The van der Waals surface area contributed by atoms with E-state index in [2.05, 4.69) is 0 Å². The second-order valence-corrected chi connectivity index (χ2v) is 11.5. The Morgan fingerprint density at radius 1 is 0.268 bits per heavy atom. The van der Waals surface area contributed by atoms with Gasteiger partial charge in [0, 0.05) is 0 Å². The van der Waals surface area contributed by atoms with Crippen LogP contribution in [0.25, 0.3) is 0 Å². The number of rotatable bonds is 12. The van der Waals surface area contributed by atoms with Crippen molar-refractivity contribution in [3.8, 4) is 0 Å². The molecule has 6 N–H and O–H groups in total. The van der Waals surface area contributed by atoms with E-state index in [-0.39, 0.29) is 0 Å². The van der Waals surface area contributed by atoms with Crippen LogP contribution >= 0.6 is 0 Å². The van der Waals surface area contributed by atoms with Gasteiger partial charge in [0.15, 0.2) is 0 Å². The molecule has 56 heavy (non-hydrogen) atoms. The Morgan fingerprint density at radius 2 is 0.411 bits per heavy atom. The van der Waals surface area contributed by atoms with Gasteiger partial charge in [0.05, 0.1) is 0 Å². The number of aliphatic hydroxyl groups is 6. The van der Waals surface area contributed by atoms with Crippen molar-refractivity contribution in [2.24, 2.45) is 0 Å². The fourth-order valence-electron chi connectivity index (χ4n) is 5.72. The number of halogens is 28. The van der Waals surface area contributed by atoms with Gasteiger partial charge in [-0.15, -0.1) is 0 Å². The van der Waals surface area contributed by atoms with Crippen LogP contribution in [-0.4, -0.2) is 143 Å². The molecule has 4 saturated carbocycles. The lowest BCUT2D eigenvalue weighted by atomic mass is 9.38. The lowest BCUT2D eigenvalue weighted by Crippen LogP contribution is -3.12. The summed E-state index contributed by atoms with van der Waals surface area (Å²) >= 11 is 0. The molecule has 0 aromatic carbocycles. The predicted molar refractivity (Wildman–Crippen MR) is 99.5 cm³/mol. The van der Waals surface area contributed by atoms with Gasteiger partial charge in [-0.3, -0.25) is 14.2 Å². The van der Waals surface area contributed by atoms with Gasteiger partial charge in [0.25, 0.3) is 16.8 Å². The summed E-state index contributed by atoms with van der Waals surface area (Å²) in [5, 5.41) is 49.8. The van der Waals surface area contributed by atoms with E-state index in [1.807, 2.05) is 0 Å². The van der Waals surface area contributed by atoms with Crippen LogP contribution in [-0.2, 0) is 14.2 Å². The van der Waals surface area contributed by atoms with Crippen molar-refractivity contribution in [1.29, 1.82) is 0 Å². The molecule has 37 heteroatoms. The van der Waals surface area contributed by atoms with Crippen LogP contribution in [0.15, 0.2) is 0 Å². The zero-order chi connectivity index (χ0) is 45.6. The van der Waals surface area contributed by atoms with Gasteiger partial charge in [-0.2, -0.15) is 119 Å². The molecule has 0 aliphatic heterocycles. The third kappa shape index (κ3) is 4.20. The van der Waals surface area contributed by atoms with Gasteiger partial charge in [0.1, 0.15) is 0 Å².